The summed E-state index contributed by atoms with van der Waals surface area (Å²) in [5.41, 5.74) is 2.01. The lowest BCUT2D eigenvalue weighted by atomic mass is 10.1. The number of hydrogen-bond donors (Lipinski definition) is 1. The van der Waals surface area contributed by atoms with Gasteiger partial charge in [0.05, 0.1) is 10.6 Å². The molecule has 162 valence electrons. The van der Waals surface area contributed by atoms with Crippen molar-refractivity contribution in [3.05, 3.63) is 103 Å². The van der Waals surface area contributed by atoms with Crippen molar-refractivity contribution in [2.45, 2.75) is 18.2 Å². The summed E-state index contributed by atoms with van der Waals surface area (Å²) in [5, 5.41) is 4.79. The fourth-order valence-electron chi connectivity index (χ4n) is 3.73. The number of nitrogens with zero attached hydrogens (tertiary/aromatic N) is 1. The molecule has 0 heterocycles. The van der Waals surface area contributed by atoms with Crippen molar-refractivity contribution in [2.24, 2.45) is 0 Å². The third-order valence-electron chi connectivity index (χ3n) is 5.32. The third kappa shape index (κ3) is 4.36. The second kappa shape index (κ2) is 9.24. The summed E-state index contributed by atoms with van der Waals surface area (Å²) in [6, 6.07) is 28.8. The maximum absolute atomic E-state index is 13.5. The zero-order chi connectivity index (χ0) is 22.6. The second-order valence-corrected chi connectivity index (χ2v) is 9.24. The Bertz CT molecular complexity index is 1350. The summed E-state index contributed by atoms with van der Waals surface area (Å²) in [6.45, 7) is 1.62. The maximum Gasteiger partial charge on any atom is 0.264 e. The number of para-hydroxylation sites is 1. The van der Waals surface area contributed by atoms with Crippen LogP contribution in [0.15, 0.2) is 102 Å². The van der Waals surface area contributed by atoms with Crippen LogP contribution < -0.4 is 9.62 Å². The Balaban J connectivity index is 1.71. The molecular weight excluding hydrogens is 420 g/mol. The maximum atomic E-state index is 13.5. The zero-order valence-corrected chi connectivity index (χ0v) is 18.5. The molecule has 0 unspecified atom stereocenters. The SMILES string of the molecule is CCc1ccccc1N(CC(=O)Nc1cccc2ccccc12)S(=O)(=O)c1ccccc1. The first-order valence-electron chi connectivity index (χ1n) is 10.4. The molecule has 0 fully saturated rings. The molecular formula is C26H24N2O3S. The highest BCUT2D eigenvalue weighted by Crippen LogP contribution is 2.28. The topological polar surface area (TPSA) is 66.5 Å². The molecule has 0 aliphatic rings. The Morgan fingerprint density at radius 2 is 1.47 bits per heavy atom. The smallest absolute Gasteiger partial charge is 0.264 e. The van der Waals surface area contributed by atoms with Gasteiger partial charge in [-0.2, -0.15) is 0 Å². The molecule has 0 aliphatic carbocycles. The number of amides is 1. The van der Waals surface area contributed by atoms with Gasteiger partial charge in [-0.15, -0.1) is 0 Å². The third-order valence-corrected chi connectivity index (χ3v) is 7.10. The zero-order valence-electron chi connectivity index (χ0n) is 17.7. The number of aryl methyl sites for hydroxylation is 1. The van der Waals surface area contributed by atoms with Crippen LogP contribution in [-0.4, -0.2) is 20.9 Å². The molecule has 0 radical (unpaired) electrons. The number of fused-ring (bicyclic) bond motifs is 1. The van der Waals surface area contributed by atoms with Gasteiger partial charge in [0.2, 0.25) is 5.91 Å². The number of anilines is 2. The number of rotatable bonds is 7. The van der Waals surface area contributed by atoms with Crippen molar-refractivity contribution in [3.8, 4) is 0 Å². The lowest BCUT2D eigenvalue weighted by Gasteiger charge is -2.26. The lowest BCUT2D eigenvalue weighted by molar-refractivity contribution is -0.114. The number of nitrogens with one attached hydrogen (secondary N) is 1. The summed E-state index contributed by atoms with van der Waals surface area (Å²) < 4.78 is 28.3. The van der Waals surface area contributed by atoms with Gasteiger partial charge in [-0.25, -0.2) is 8.42 Å². The highest BCUT2D eigenvalue weighted by atomic mass is 32.2. The molecule has 32 heavy (non-hydrogen) atoms. The molecule has 4 aromatic carbocycles. The van der Waals surface area contributed by atoms with Crippen LogP contribution in [0.25, 0.3) is 10.8 Å². The van der Waals surface area contributed by atoms with E-state index in [1.807, 2.05) is 61.5 Å². The first kappa shape index (κ1) is 21.6. The van der Waals surface area contributed by atoms with Gasteiger partial charge in [0.25, 0.3) is 10.0 Å². The predicted octanol–water partition coefficient (Wildman–Crippen LogP) is 5.24. The van der Waals surface area contributed by atoms with Crippen LogP contribution in [0.2, 0.25) is 0 Å². The summed E-state index contributed by atoms with van der Waals surface area (Å²) >= 11 is 0. The van der Waals surface area contributed by atoms with Crippen LogP contribution in [-0.2, 0) is 21.2 Å². The molecule has 6 heteroatoms. The highest BCUT2D eigenvalue weighted by Gasteiger charge is 2.28. The van der Waals surface area contributed by atoms with Crippen LogP contribution >= 0.6 is 0 Å². The summed E-state index contributed by atoms with van der Waals surface area (Å²) in [6.07, 6.45) is 0.641. The minimum Gasteiger partial charge on any atom is -0.324 e. The van der Waals surface area contributed by atoms with Crippen molar-refractivity contribution >= 4 is 38.1 Å². The van der Waals surface area contributed by atoms with E-state index < -0.39 is 15.9 Å². The van der Waals surface area contributed by atoms with E-state index in [9.17, 15) is 13.2 Å². The molecule has 4 aromatic rings. The van der Waals surface area contributed by atoms with Gasteiger partial charge in [0.15, 0.2) is 0 Å². The van der Waals surface area contributed by atoms with Gasteiger partial charge in [-0.05, 0) is 41.6 Å². The molecule has 0 atom stereocenters. The van der Waals surface area contributed by atoms with E-state index in [4.69, 9.17) is 0 Å². The summed E-state index contributed by atoms with van der Waals surface area (Å²) in [5.74, 6) is -0.410. The fourth-order valence-corrected chi connectivity index (χ4v) is 5.21. The molecule has 5 nitrogen and oxygen atoms in total. The van der Waals surface area contributed by atoms with E-state index in [0.717, 1.165) is 16.3 Å². The first-order valence-corrected chi connectivity index (χ1v) is 11.9. The number of carbonyl (C=O) groups is 1. The Hall–Kier alpha value is -3.64. The van der Waals surface area contributed by atoms with Gasteiger partial charge in [0.1, 0.15) is 6.54 Å². The van der Waals surface area contributed by atoms with E-state index in [1.54, 1.807) is 42.5 Å². The summed E-state index contributed by atoms with van der Waals surface area (Å²) in [4.78, 5) is 13.2. The highest BCUT2D eigenvalue weighted by molar-refractivity contribution is 7.92. The van der Waals surface area contributed by atoms with Gasteiger partial charge < -0.3 is 5.32 Å². The van der Waals surface area contributed by atoms with Crippen molar-refractivity contribution in [1.29, 1.82) is 0 Å². The molecule has 0 bridgehead atoms. The van der Waals surface area contributed by atoms with E-state index in [-0.39, 0.29) is 11.4 Å². The normalized spacial score (nSPS) is 11.3. The van der Waals surface area contributed by atoms with E-state index >= 15 is 0 Å². The molecule has 1 amide bonds. The van der Waals surface area contributed by atoms with Crippen LogP contribution in [0.4, 0.5) is 11.4 Å². The minimum atomic E-state index is -3.94. The summed E-state index contributed by atoms with van der Waals surface area (Å²) in [7, 11) is -3.94. The van der Waals surface area contributed by atoms with Gasteiger partial charge in [-0.1, -0.05) is 79.7 Å². The van der Waals surface area contributed by atoms with Crippen molar-refractivity contribution in [2.75, 3.05) is 16.2 Å². The van der Waals surface area contributed by atoms with E-state index in [0.29, 0.717) is 17.8 Å². The van der Waals surface area contributed by atoms with Crippen LogP contribution in [0, 0.1) is 0 Å². The number of hydrogen-bond acceptors (Lipinski definition) is 3. The standard InChI is InChI=1S/C26H24N2O3S/c1-2-20-11-7-9-18-25(20)28(32(30,31)22-14-4-3-5-15-22)19-26(29)27-24-17-10-13-21-12-6-8-16-23(21)24/h3-18H,2,19H2,1H3,(H,27,29). The molecule has 0 aromatic heterocycles. The molecule has 4 rings (SSSR count). The number of carbonyl (C=O) groups excluding carboxylic acids is 1. The Morgan fingerprint density at radius 3 is 2.25 bits per heavy atom. The Labute approximate surface area is 188 Å². The number of benzene rings is 4. The first-order chi connectivity index (χ1) is 15.5. The molecule has 0 aliphatic heterocycles. The molecule has 0 saturated carbocycles. The van der Waals surface area contributed by atoms with Crippen LogP contribution in [0.3, 0.4) is 0 Å². The van der Waals surface area contributed by atoms with Crippen molar-refractivity contribution in [1.82, 2.24) is 0 Å². The monoisotopic (exact) mass is 444 g/mol. The van der Waals surface area contributed by atoms with Crippen LogP contribution in [0.5, 0.6) is 0 Å². The van der Waals surface area contributed by atoms with E-state index in [1.165, 1.54) is 4.31 Å². The number of sulfonamides is 1. The van der Waals surface area contributed by atoms with Crippen molar-refractivity contribution < 1.29 is 13.2 Å². The average Bonchev–Trinajstić information content (AvgIpc) is 2.83. The van der Waals surface area contributed by atoms with Crippen molar-refractivity contribution in [3.63, 3.8) is 0 Å². The molecule has 0 spiro atoms. The van der Waals surface area contributed by atoms with Gasteiger partial charge in [-0.3, -0.25) is 9.10 Å². The minimum absolute atomic E-state index is 0.142. The molecule has 1 N–H and O–H groups in total. The average molecular weight is 445 g/mol. The molecule has 0 saturated heterocycles. The second-order valence-electron chi connectivity index (χ2n) is 7.38. The van der Waals surface area contributed by atoms with Crippen LogP contribution in [0.1, 0.15) is 12.5 Å². The Kier molecular flexibility index (Phi) is 6.23. The van der Waals surface area contributed by atoms with E-state index in [2.05, 4.69) is 5.32 Å². The quantitative estimate of drug-likeness (QED) is 0.424. The fraction of sp³-hybridized carbons (Fsp3) is 0.115. The lowest BCUT2D eigenvalue weighted by Crippen LogP contribution is -2.38. The Morgan fingerprint density at radius 1 is 0.812 bits per heavy atom. The van der Waals surface area contributed by atoms with Gasteiger partial charge in [0, 0.05) is 11.1 Å². The van der Waals surface area contributed by atoms with Gasteiger partial charge >= 0.3 is 0 Å². The largest absolute Gasteiger partial charge is 0.324 e. The predicted molar refractivity (Wildman–Crippen MR) is 129 cm³/mol.